The summed E-state index contributed by atoms with van der Waals surface area (Å²) in [6.07, 6.45) is 1.47. The number of ether oxygens (including phenoxy) is 3. The Morgan fingerprint density at radius 2 is 1.88 bits per heavy atom. The van der Waals surface area contributed by atoms with Crippen molar-refractivity contribution >= 4 is 0 Å². The van der Waals surface area contributed by atoms with Gasteiger partial charge in [0.2, 0.25) is 0 Å². The first kappa shape index (κ1) is 16.3. The van der Waals surface area contributed by atoms with Gasteiger partial charge in [-0.15, -0.1) is 0 Å². The molecule has 0 saturated carbocycles. The lowest BCUT2D eigenvalue weighted by molar-refractivity contribution is -0.282. The molecule has 2 fully saturated rings. The molecule has 25 heavy (non-hydrogen) atoms. The Hall–Kier alpha value is -2.22. The third-order valence-corrected chi connectivity index (χ3v) is 4.74. The summed E-state index contributed by atoms with van der Waals surface area (Å²) in [5.74, 6) is 0. The monoisotopic (exact) mass is 344 g/mol. The summed E-state index contributed by atoms with van der Waals surface area (Å²) in [5, 5.41) is 0. The molecule has 7 heteroatoms. The maximum atomic E-state index is 12.1. The van der Waals surface area contributed by atoms with E-state index in [9.17, 15) is 9.59 Å². The molecule has 2 aliphatic heterocycles. The predicted octanol–water partition coefficient (Wildman–Crippen LogP) is 1.29. The van der Waals surface area contributed by atoms with Gasteiger partial charge in [-0.3, -0.25) is 14.3 Å². The minimum Gasteiger partial charge on any atom is -0.371 e. The van der Waals surface area contributed by atoms with Gasteiger partial charge >= 0.3 is 5.69 Å². The van der Waals surface area contributed by atoms with Crippen LogP contribution in [0.1, 0.15) is 29.9 Å². The zero-order chi connectivity index (χ0) is 17.4. The van der Waals surface area contributed by atoms with Gasteiger partial charge in [0, 0.05) is 17.3 Å². The maximum absolute atomic E-state index is 12.1. The quantitative estimate of drug-likeness (QED) is 0.888. The van der Waals surface area contributed by atoms with Crippen molar-refractivity contribution in [1.82, 2.24) is 9.55 Å². The van der Waals surface area contributed by atoms with E-state index < -0.39 is 12.0 Å². The third kappa shape index (κ3) is 3.18. The highest BCUT2D eigenvalue weighted by Gasteiger charge is 2.39. The summed E-state index contributed by atoms with van der Waals surface area (Å²) >= 11 is 0. The number of H-pyrrole nitrogens is 1. The molecular formula is C18H20N2O5. The first-order chi connectivity index (χ1) is 12.1. The van der Waals surface area contributed by atoms with Gasteiger partial charge in [-0.05, 0) is 13.3 Å². The first-order valence-corrected chi connectivity index (χ1v) is 8.37. The molecule has 0 aliphatic carbocycles. The molecule has 0 spiro atoms. The Labute approximate surface area is 144 Å². The van der Waals surface area contributed by atoms with Gasteiger partial charge in [0.1, 0.15) is 6.10 Å². The fourth-order valence-corrected chi connectivity index (χ4v) is 3.35. The Balaban J connectivity index is 1.54. The molecular weight excluding hydrogens is 324 g/mol. The van der Waals surface area contributed by atoms with Gasteiger partial charge in [0.15, 0.2) is 6.29 Å². The SMILES string of the molecule is Cc1cn([C@H]2CO[C@@H]3COC(c4ccccc4)O[C@H]3C2)c(=O)[nH]c1=O. The number of aromatic nitrogens is 2. The molecule has 1 aromatic heterocycles. The topological polar surface area (TPSA) is 82.6 Å². The zero-order valence-corrected chi connectivity index (χ0v) is 13.9. The van der Waals surface area contributed by atoms with Crippen LogP contribution in [0, 0.1) is 6.92 Å². The van der Waals surface area contributed by atoms with Crippen molar-refractivity contribution in [2.45, 2.75) is 37.9 Å². The number of aromatic amines is 1. The standard InChI is InChI=1S/C18H20N2O5/c1-11-8-20(18(22)19-16(11)21)13-7-14-15(23-9-13)10-24-17(25-14)12-5-3-2-4-6-12/h2-6,8,13-15,17H,7,9-10H2,1H3,(H,19,21,22)/t13-,14+,15-,17?/m1/s1. The minimum absolute atomic E-state index is 0.143. The lowest BCUT2D eigenvalue weighted by Crippen LogP contribution is -2.49. The van der Waals surface area contributed by atoms with Crippen LogP contribution >= 0.6 is 0 Å². The van der Waals surface area contributed by atoms with Gasteiger partial charge in [0.05, 0.1) is 25.4 Å². The molecule has 4 rings (SSSR count). The minimum atomic E-state index is -0.432. The number of rotatable bonds is 2. The van der Waals surface area contributed by atoms with Crippen LogP contribution in [0.25, 0.3) is 0 Å². The lowest BCUT2D eigenvalue weighted by Gasteiger charge is -2.42. The van der Waals surface area contributed by atoms with Crippen LogP contribution in [-0.2, 0) is 14.2 Å². The van der Waals surface area contributed by atoms with Gasteiger partial charge in [-0.1, -0.05) is 30.3 Å². The summed E-state index contributed by atoms with van der Waals surface area (Å²) in [7, 11) is 0. The zero-order valence-electron chi connectivity index (χ0n) is 13.9. The van der Waals surface area contributed by atoms with Crippen LogP contribution in [0.2, 0.25) is 0 Å². The van der Waals surface area contributed by atoms with E-state index >= 15 is 0 Å². The Bertz CT molecular complexity index is 860. The van der Waals surface area contributed by atoms with Crippen LogP contribution in [0.3, 0.4) is 0 Å². The fourth-order valence-electron chi connectivity index (χ4n) is 3.35. The van der Waals surface area contributed by atoms with Crippen molar-refractivity contribution in [3.8, 4) is 0 Å². The second-order valence-corrected chi connectivity index (χ2v) is 6.49. The molecule has 0 bridgehead atoms. The summed E-state index contributed by atoms with van der Waals surface area (Å²) in [5.41, 5.74) is 0.675. The average molecular weight is 344 g/mol. The highest BCUT2D eigenvalue weighted by Crippen LogP contribution is 2.34. The van der Waals surface area contributed by atoms with E-state index in [0.717, 1.165) is 5.56 Å². The van der Waals surface area contributed by atoms with E-state index in [0.29, 0.717) is 25.2 Å². The van der Waals surface area contributed by atoms with Crippen molar-refractivity contribution in [2.24, 2.45) is 0 Å². The van der Waals surface area contributed by atoms with E-state index in [4.69, 9.17) is 14.2 Å². The van der Waals surface area contributed by atoms with Crippen LogP contribution < -0.4 is 11.2 Å². The molecule has 7 nitrogen and oxygen atoms in total. The van der Waals surface area contributed by atoms with Gasteiger partial charge in [-0.25, -0.2) is 4.79 Å². The van der Waals surface area contributed by atoms with E-state index in [1.54, 1.807) is 13.1 Å². The Morgan fingerprint density at radius 1 is 1.08 bits per heavy atom. The third-order valence-electron chi connectivity index (χ3n) is 4.74. The van der Waals surface area contributed by atoms with Crippen molar-refractivity contribution in [3.05, 3.63) is 68.5 Å². The maximum Gasteiger partial charge on any atom is 0.328 e. The Morgan fingerprint density at radius 3 is 2.68 bits per heavy atom. The molecule has 2 aliphatic rings. The molecule has 132 valence electrons. The molecule has 3 heterocycles. The van der Waals surface area contributed by atoms with Crippen molar-refractivity contribution < 1.29 is 14.2 Å². The number of hydrogen-bond acceptors (Lipinski definition) is 5. The number of hydrogen-bond donors (Lipinski definition) is 1. The summed E-state index contributed by atoms with van der Waals surface area (Å²) in [6.45, 7) is 2.52. The molecule has 1 unspecified atom stereocenters. The molecule has 2 saturated heterocycles. The normalized spacial score (nSPS) is 29.2. The molecule has 1 N–H and O–H groups in total. The van der Waals surface area contributed by atoms with Crippen molar-refractivity contribution in [3.63, 3.8) is 0 Å². The van der Waals surface area contributed by atoms with Gasteiger partial charge < -0.3 is 14.2 Å². The average Bonchev–Trinajstić information content (AvgIpc) is 2.64. The van der Waals surface area contributed by atoms with Gasteiger partial charge in [-0.2, -0.15) is 0 Å². The molecule has 0 radical (unpaired) electrons. The van der Waals surface area contributed by atoms with Crippen LogP contribution in [0.5, 0.6) is 0 Å². The fraction of sp³-hybridized carbons (Fsp3) is 0.444. The summed E-state index contributed by atoms with van der Waals surface area (Å²) < 4.78 is 19.2. The molecule has 4 atom stereocenters. The first-order valence-electron chi connectivity index (χ1n) is 8.37. The molecule has 0 amide bonds. The van der Waals surface area contributed by atoms with E-state index in [1.165, 1.54) is 4.57 Å². The van der Waals surface area contributed by atoms with Crippen LogP contribution in [-0.4, -0.2) is 35.0 Å². The summed E-state index contributed by atoms with van der Waals surface area (Å²) in [4.78, 5) is 26.0. The van der Waals surface area contributed by atoms with Crippen molar-refractivity contribution in [1.29, 1.82) is 0 Å². The van der Waals surface area contributed by atoms with Crippen LogP contribution in [0.4, 0.5) is 0 Å². The summed E-state index contributed by atoms with van der Waals surface area (Å²) in [6, 6.07) is 9.57. The number of fused-ring (bicyclic) bond motifs is 1. The predicted molar refractivity (Wildman–Crippen MR) is 89.5 cm³/mol. The van der Waals surface area contributed by atoms with Crippen LogP contribution in [0.15, 0.2) is 46.1 Å². The lowest BCUT2D eigenvalue weighted by atomic mass is 10.0. The van der Waals surface area contributed by atoms with E-state index in [1.807, 2.05) is 30.3 Å². The number of aryl methyl sites for hydroxylation is 1. The number of nitrogens with one attached hydrogen (secondary N) is 1. The smallest absolute Gasteiger partial charge is 0.328 e. The highest BCUT2D eigenvalue weighted by molar-refractivity contribution is 5.16. The van der Waals surface area contributed by atoms with Gasteiger partial charge in [0.25, 0.3) is 5.56 Å². The van der Waals surface area contributed by atoms with E-state index in [2.05, 4.69) is 4.98 Å². The molecule has 2 aromatic rings. The number of nitrogens with zero attached hydrogens (tertiary/aromatic N) is 1. The largest absolute Gasteiger partial charge is 0.371 e. The van der Waals surface area contributed by atoms with Crippen molar-refractivity contribution in [2.75, 3.05) is 13.2 Å². The second-order valence-electron chi connectivity index (χ2n) is 6.49. The number of benzene rings is 1. The second kappa shape index (κ2) is 6.59. The van der Waals surface area contributed by atoms with E-state index in [-0.39, 0.29) is 23.8 Å². The molecule has 1 aromatic carbocycles. The Kier molecular flexibility index (Phi) is 4.29. The highest BCUT2D eigenvalue weighted by atomic mass is 16.7.